The van der Waals surface area contributed by atoms with Crippen LogP contribution in [0.1, 0.15) is 26.7 Å². The van der Waals surface area contributed by atoms with Crippen LogP contribution in [-0.2, 0) is 4.79 Å². The van der Waals surface area contributed by atoms with Crippen molar-refractivity contribution in [3.8, 4) is 11.5 Å². The van der Waals surface area contributed by atoms with E-state index in [4.69, 9.17) is 9.47 Å². The fourth-order valence-electron chi connectivity index (χ4n) is 2.03. The molecule has 1 amide bonds. The van der Waals surface area contributed by atoms with Crippen molar-refractivity contribution in [3.05, 3.63) is 24.3 Å². The van der Waals surface area contributed by atoms with Crippen molar-refractivity contribution in [2.45, 2.75) is 32.8 Å². The molecule has 0 heterocycles. The Bertz CT molecular complexity index is 582. The van der Waals surface area contributed by atoms with Crippen molar-refractivity contribution in [1.82, 2.24) is 15.5 Å². The summed E-state index contributed by atoms with van der Waals surface area (Å²) in [6, 6.07) is 7.50. The van der Waals surface area contributed by atoms with Crippen LogP contribution in [0, 0.1) is 0 Å². The van der Waals surface area contributed by atoms with E-state index in [0.717, 1.165) is 30.9 Å². The van der Waals surface area contributed by atoms with Gasteiger partial charge in [0.2, 0.25) is 5.91 Å². The third kappa shape index (κ3) is 10.9. The smallest absolute Gasteiger partial charge is 0.243 e. The van der Waals surface area contributed by atoms with E-state index in [1.807, 2.05) is 31.2 Å². The van der Waals surface area contributed by atoms with Crippen LogP contribution in [0.25, 0.3) is 0 Å². The Kier molecular flexibility index (Phi) is 13.5. The van der Waals surface area contributed by atoms with Crippen LogP contribution >= 0.6 is 24.0 Å². The summed E-state index contributed by atoms with van der Waals surface area (Å²) in [4.78, 5) is 17.6. The minimum atomic E-state index is -0.0789. The van der Waals surface area contributed by atoms with Crippen LogP contribution in [0.5, 0.6) is 11.5 Å². The summed E-state index contributed by atoms with van der Waals surface area (Å²) in [5, 5.41) is 6.48. The van der Waals surface area contributed by atoms with Gasteiger partial charge in [0.25, 0.3) is 0 Å². The molecule has 1 unspecified atom stereocenters. The number of unbranched alkanes of at least 4 members (excludes halogenated alkanes) is 1. The van der Waals surface area contributed by atoms with E-state index in [9.17, 15) is 4.79 Å². The molecule has 8 heteroatoms. The third-order valence-electron chi connectivity index (χ3n) is 3.63. The molecular weight excluding hydrogens is 459 g/mol. The van der Waals surface area contributed by atoms with Gasteiger partial charge in [0.15, 0.2) is 5.96 Å². The number of guanidine groups is 1. The predicted octanol–water partition coefficient (Wildman–Crippen LogP) is 2.50. The zero-order valence-electron chi connectivity index (χ0n) is 16.9. The second-order valence-corrected chi connectivity index (χ2v) is 6.22. The molecule has 0 fully saturated rings. The Hall–Kier alpha value is -1.71. The highest BCUT2D eigenvalue weighted by Crippen LogP contribution is 2.19. The van der Waals surface area contributed by atoms with Gasteiger partial charge in [0.05, 0.1) is 13.7 Å². The second kappa shape index (κ2) is 14.4. The number of benzene rings is 1. The molecule has 2 N–H and O–H groups in total. The van der Waals surface area contributed by atoms with Gasteiger partial charge in [-0.3, -0.25) is 4.79 Å². The number of hydrogen-bond acceptors (Lipinski definition) is 4. The number of carbonyl (C=O) groups is 1. The zero-order valence-corrected chi connectivity index (χ0v) is 19.3. The van der Waals surface area contributed by atoms with E-state index >= 15 is 0 Å². The number of nitrogens with one attached hydrogen (secondary N) is 2. The van der Waals surface area contributed by atoms with Crippen LogP contribution in [0.4, 0.5) is 0 Å². The average molecular weight is 492 g/mol. The molecule has 0 aliphatic carbocycles. The van der Waals surface area contributed by atoms with E-state index in [2.05, 4.69) is 22.5 Å². The van der Waals surface area contributed by atoms with Gasteiger partial charge in [0.1, 0.15) is 24.1 Å². The number of nitrogens with zero attached hydrogens (tertiary/aromatic N) is 2. The standard InChI is InChI=1S/C19H32N4O3.HI/c1-6-7-11-20-19(22-14-18(24)23(3)4)21-13-15(2)26-17-10-8-9-16(12-17)25-5;/h8-10,12,15H,6-7,11,13-14H2,1-5H3,(H2,20,21,22);1H. The number of ether oxygens (including phenoxy) is 2. The first-order valence-corrected chi connectivity index (χ1v) is 8.99. The van der Waals surface area contributed by atoms with E-state index < -0.39 is 0 Å². The molecule has 1 rings (SSSR count). The maximum Gasteiger partial charge on any atom is 0.243 e. The number of amides is 1. The van der Waals surface area contributed by atoms with Crippen molar-refractivity contribution < 1.29 is 14.3 Å². The molecule has 1 aromatic rings. The van der Waals surface area contributed by atoms with Crippen molar-refractivity contribution >= 4 is 35.8 Å². The summed E-state index contributed by atoms with van der Waals surface area (Å²) in [5.74, 6) is 2.09. The number of carbonyl (C=O) groups excluding carboxylic acids is 1. The van der Waals surface area contributed by atoms with Gasteiger partial charge in [-0.25, -0.2) is 4.99 Å². The van der Waals surface area contributed by atoms with Gasteiger partial charge in [0, 0.05) is 26.7 Å². The maximum absolute atomic E-state index is 11.7. The van der Waals surface area contributed by atoms with Crippen LogP contribution in [0.15, 0.2) is 29.3 Å². The molecule has 1 atom stereocenters. The van der Waals surface area contributed by atoms with Crippen molar-refractivity contribution in [2.75, 3.05) is 40.8 Å². The largest absolute Gasteiger partial charge is 0.497 e. The molecule has 0 saturated heterocycles. The number of rotatable bonds is 10. The lowest BCUT2D eigenvalue weighted by Gasteiger charge is -2.18. The highest BCUT2D eigenvalue weighted by molar-refractivity contribution is 14.0. The first-order chi connectivity index (χ1) is 12.5. The Morgan fingerprint density at radius 1 is 1.26 bits per heavy atom. The first-order valence-electron chi connectivity index (χ1n) is 8.99. The summed E-state index contributed by atoms with van der Waals surface area (Å²) < 4.78 is 11.1. The first kappa shape index (κ1) is 25.3. The molecule has 27 heavy (non-hydrogen) atoms. The van der Waals surface area contributed by atoms with Crippen LogP contribution in [0.2, 0.25) is 0 Å². The Morgan fingerprint density at radius 2 is 1.96 bits per heavy atom. The maximum atomic E-state index is 11.7. The van der Waals surface area contributed by atoms with Gasteiger partial charge < -0.3 is 25.0 Å². The van der Waals surface area contributed by atoms with E-state index in [0.29, 0.717) is 12.5 Å². The summed E-state index contributed by atoms with van der Waals surface area (Å²) in [6.07, 6.45) is 2.05. The number of halogens is 1. The number of likely N-dealkylation sites (N-methyl/N-ethyl adjacent to an activating group) is 1. The van der Waals surface area contributed by atoms with Crippen LogP contribution in [-0.4, -0.2) is 63.7 Å². The van der Waals surface area contributed by atoms with E-state index in [1.54, 1.807) is 21.2 Å². The lowest BCUT2D eigenvalue weighted by Crippen LogP contribution is -2.42. The molecule has 0 spiro atoms. The highest BCUT2D eigenvalue weighted by Gasteiger charge is 2.08. The molecule has 0 aliphatic rings. The fraction of sp³-hybridized carbons (Fsp3) is 0.579. The van der Waals surface area contributed by atoms with Crippen molar-refractivity contribution in [2.24, 2.45) is 4.99 Å². The fourth-order valence-corrected chi connectivity index (χ4v) is 2.03. The minimum Gasteiger partial charge on any atom is -0.497 e. The van der Waals surface area contributed by atoms with Crippen LogP contribution in [0.3, 0.4) is 0 Å². The number of hydrogen-bond donors (Lipinski definition) is 2. The van der Waals surface area contributed by atoms with Gasteiger partial charge in [-0.15, -0.1) is 24.0 Å². The van der Waals surface area contributed by atoms with E-state index in [-0.39, 0.29) is 42.5 Å². The van der Waals surface area contributed by atoms with Crippen LogP contribution < -0.4 is 20.1 Å². The topological polar surface area (TPSA) is 75.2 Å². The summed E-state index contributed by atoms with van der Waals surface area (Å²) in [5.41, 5.74) is 0. The van der Waals surface area contributed by atoms with E-state index in [1.165, 1.54) is 4.90 Å². The molecule has 0 aromatic heterocycles. The van der Waals surface area contributed by atoms with Crippen molar-refractivity contribution in [3.63, 3.8) is 0 Å². The Balaban J connectivity index is 0.00000676. The Labute approximate surface area is 179 Å². The molecule has 0 radical (unpaired) electrons. The minimum absolute atomic E-state index is 0. The van der Waals surface area contributed by atoms with Gasteiger partial charge in [-0.1, -0.05) is 19.4 Å². The molecule has 7 nitrogen and oxygen atoms in total. The quantitative estimate of drug-likeness (QED) is 0.227. The Morgan fingerprint density at radius 3 is 2.59 bits per heavy atom. The SMILES string of the molecule is CCCCNC(=NCC(=O)N(C)C)NCC(C)Oc1cccc(OC)c1.I. The molecule has 0 aliphatic heterocycles. The molecule has 0 saturated carbocycles. The van der Waals surface area contributed by atoms with Gasteiger partial charge in [-0.2, -0.15) is 0 Å². The zero-order chi connectivity index (χ0) is 19.4. The monoisotopic (exact) mass is 492 g/mol. The normalized spacial score (nSPS) is 11.8. The lowest BCUT2D eigenvalue weighted by molar-refractivity contribution is -0.127. The third-order valence-corrected chi connectivity index (χ3v) is 3.63. The molecular formula is C19H33IN4O3. The summed E-state index contributed by atoms with van der Waals surface area (Å²) >= 11 is 0. The summed E-state index contributed by atoms with van der Waals surface area (Å²) in [7, 11) is 5.07. The summed E-state index contributed by atoms with van der Waals surface area (Å²) in [6.45, 7) is 5.58. The average Bonchev–Trinajstić information content (AvgIpc) is 2.63. The van der Waals surface area contributed by atoms with Gasteiger partial charge >= 0.3 is 0 Å². The number of methoxy groups -OCH3 is 1. The lowest BCUT2D eigenvalue weighted by atomic mass is 10.3. The predicted molar refractivity (Wildman–Crippen MR) is 120 cm³/mol. The molecule has 1 aromatic carbocycles. The van der Waals surface area contributed by atoms with Crippen molar-refractivity contribution in [1.29, 1.82) is 0 Å². The molecule has 0 bridgehead atoms. The second-order valence-electron chi connectivity index (χ2n) is 6.22. The number of aliphatic imine (C=N–C) groups is 1. The van der Waals surface area contributed by atoms with Gasteiger partial charge in [-0.05, 0) is 25.5 Å². The highest BCUT2D eigenvalue weighted by atomic mass is 127. The molecule has 154 valence electrons.